The molecule has 0 aromatic heterocycles. The third kappa shape index (κ3) is 4.88. The second-order valence-corrected chi connectivity index (χ2v) is 8.94. The molecule has 0 aliphatic carbocycles. The van der Waals surface area contributed by atoms with E-state index in [0.29, 0.717) is 6.42 Å². The number of hydroxylamine groups is 1. The van der Waals surface area contributed by atoms with Crippen molar-refractivity contribution in [3.63, 3.8) is 0 Å². The highest BCUT2D eigenvalue weighted by Crippen LogP contribution is 2.25. The predicted molar refractivity (Wildman–Crippen MR) is 95.8 cm³/mol. The van der Waals surface area contributed by atoms with Gasteiger partial charge in [-0.1, -0.05) is 39.0 Å². The molecule has 3 N–H and O–H groups in total. The minimum absolute atomic E-state index is 0.139. The van der Waals surface area contributed by atoms with Crippen molar-refractivity contribution in [3.8, 4) is 0 Å². The Kier molecular flexibility index (Phi) is 6.17. The molecule has 0 saturated heterocycles. The molecule has 0 bridgehead atoms. The third-order valence-corrected chi connectivity index (χ3v) is 5.78. The lowest BCUT2D eigenvalue weighted by atomic mass is 9.87. The van der Waals surface area contributed by atoms with Crippen LogP contribution in [0.4, 0.5) is 4.39 Å². The second kappa shape index (κ2) is 7.83. The Bertz CT molecular complexity index is 785. The maximum Gasteiger partial charge on any atom is 0.280 e. The van der Waals surface area contributed by atoms with E-state index in [1.807, 2.05) is 0 Å². The number of carbonyl (C=O) groups excluding carboxylic acids is 1. The summed E-state index contributed by atoms with van der Waals surface area (Å²) in [7, 11) is -3.93. The van der Waals surface area contributed by atoms with Gasteiger partial charge in [-0.25, -0.2) is 9.87 Å². The van der Waals surface area contributed by atoms with Gasteiger partial charge in [-0.05, 0) is 35.1 Å². The number of hydrogen-bond donors (Lipinski definition) is 3. The van der Waals surface area contributed by atoms with Gasteiger partial charge in [0, 0.05) is 13.1 Å². The molecule has 1 atom stereocenters. The van der Waals surface area contributed by atoms with Crippen molar-refractivity contribution in [1.29, 1.82) is 0 Å². The van der Waals surface area contributed by atoms with Crippen LogP contribution in [0.1, 0.15) is 32.8 Å². The Labute approximate surface area is 153 Å². The lowest BCUT2D eigenvalue weighted by Gasteiger charge is -2.32. The molecule has 1 aliphatic rings. The Morgan fingerprint density at radius 3 is 2.35 bits per heavy atom. The summed E-state index contributed by atoms with van der Waals surface area (Å²) in [5.74, 6) is -1.14. The summed E-state index contributed by atoms with van der Waals surface area (Å²) in [5.41, 5.74) is 2.56. The summed E-state index contributed by atoms with van der Waals surface area (Å²) >= 11 is 0. The number of rotatable bonds is 5. The molecule has 1 amide bonds. The Morgan fingerprint density at radius 1 is 1.27 bits per heavy atom. The fourth-order valence-electron chi connectivity index (χ4n) is 2.71. The summed E-state index contributed by atoms with van der Waals surface area (Å²) in [6.07, 6.45) is 2.24. The Hall–Kier alpha value is -1.81. The molecule has 0 radical (unpaired) electrons. The highest BCUT2D eigenvalue weighted by Gasteiger charge is 2.37. The summed E-state index contributed by atoms with van der Waals surface area (Å²) in [6.45, 7) is 5.45. The summed E-state index contributed by atoms with van der Waals surface area (Å²) < 4.78 is 41.9. The molecule has 7 nitrogen and oxygen atoms in total. The van der Waals surface area contributed by atoms with Crippen molar-refractivity contribution < 1.29 is 22.8 Å². The molecule has 9 heteroatoms. The second-order valence-electron chi connectivity index (χ2n) is 7.24. The van der Waals surface area contributed by atoms with Crippen LogP contribution in [0.25, 0.3) is 5.57 Å². The van der Waals surface area contributed by atoms with Gasteiger partial charge in [0.25, 0.3) is 16.1 Å². The van der Waals surface area contributed by atoms with E-state index in [4.69, 9.17) is 5.21 Å². The molecule has 1 heterocycles. The monoisotopic (exact) mass is 385 g/mol. The zero-order valence-electron chi connectivity index (χ0n) is 15.0. The van der Waals surface area contributed by atoms with Crippen LogP contribution < -0.4 is 10.2 Å². The topological polar surface area (TPSA) is 98.7 Å². The van der Waals surface area contributed by atoms with E-state index in [0.717, 1.165) is 11.1 Å². The zero-order chi connectivity index (χ0) is 19.5. The van der Waals surface area contributed by atoms with Crippen LogP contribution in [-0.4, -0.2) is 43.0 Å². The smallest absolute Gasteiger partial charge is 0.280 e. The number of benzene rings is 1. The number of nitrogens with one attached hydrogen (secondary N) is 2. The highest BCUT2D eigenvalue weighted by atomic mass is 32.2. The maximum atomic E-state index is 13.0. The summed E-state index contributed by atoms with van der Waals surface area (Å²) in [6, 6.07) is 4.92. The number of nitrogens with zero attached hydrogens (tertiary/aromatic N) is 1. The first kappa shape index (κ1) is 20.5. The average Bonchev–Trinajstić information content (AvgIpc) is 2.59. The number of halogens is 1. The number of amides is 1. The minimum Gasteiger partial charge on any atom is -0.289 e. The van der Waals surface area contributed by atoms with E-state index in [1.165, 1.54) is 21.9 Å². The van der Waals surface area contributed by atoms with Crippen molar-refractivity contribution in [2.75, 3.05) is 13.1 Å². The first-order chi connectivity index (χ1) is 12.0. The molecule has 1 aliphatic heterocycles. The fourth-order valence-corrected chi connectivity index (χ4v) is 4.22. The van der Waals surface area contributed by atoms with E-state index in [9.17, 15) is 17.6 Å². The van der Waals surface area contributed by atoms with Gasteiger partial charge in [0.2, 0.25) is 0 Å². The lowest BCUT2D eigenvalue weighted by molar-refractivity contribution is -0.133. The number of hydrogen-bond acceptors (Lipinski definition) is 4. The molecule has 1 aromatic rings. The molecule has 0 unspecified atom stereocenters. The third-order valence-electron chi connectivity index (χ3n) is 4.23. The average molecular weight is 385 g/mol. The van der Waals surface area contributed by atoms with Gasteiger partial charge in [-0.3, -0.25) is 10.0 Å². The maximum absolute atomic E-state index is 13.0. The Morgan fingerprint density at radius 2 is 1.88 bits per heavy atom. The number of carbonyl (C=O) groups is 1. The molecule has 26 heavy (non-hydrogen) atoms. The van der Waals surface area contributed by atoms with E-state index in [-0.39, 0.29) is 18.9 Å². The Balaban J connectivity index is 2.13. The molecule has 1 aromatic carbocycles. The van der Waals surface area contributed by atoms with E-state index < -0.39 is 27.6 Å². The molecule has 0 spiro atoms. The largest absolute Gasteiger partial charge is 0.289 e. The summed E-state index contributed by atoms with van der Waals surface area (Å²) in [4.78, 5) is 11.8. The van der Waals surface area contributed by atoms with Gasteiger partial charge in [0.05, 0.1) is 0 Å². The van der Waals surface area contributed by atoms with E-state index >= 15 is 0 Å². The van der Waals surface area contributed by atoms with Crippen molar-refractivity contribution in [2.45, 2.75) is 33.2 Å². The van der Waals surface area contributed by atoms with Crippen LogP contribution in [0, 0.1) is 11.2 Å². The van der Waals surface area contributed by atoms with Gasteiger partial charge in [-0.2, -0.15) is 17.4 Å². The SMILES string of the molecule is CC(C)(C)[C@@H](NS(=O)(=O)N1CC=C(c2ccc(F)cc2)CC1)C(=O)NO. The summed E-state index contributed by atoms with van der Waals surface area (Å²) in [5, 5.41) is 8.87. The fraction of sp³-hybridized carbons (Fsp3) is 0.471. The van der Waals surface area contributed by atoms with Gasteiger partial charge < -0.3 is 0 Å². The van der Waals surface area contributed by atoms with Crippen LogP contribution in [0.15, 0.2) is 30.3 Å². The van der Waals surface area contributed by atoms with Gasteiger partial charge in [0.15, 0.2) is 0 Å². The quantitative estimate of drug-likeness (QED) is 0.530. The van der Waals surface area contributed by atoms with Gasteiger partial charge in [0.1, 0.15) is 11.9 Å². The van der Waals surface area contributed by atoms with Crippen molar-refractivity contribution in [1.82, 2.24) is 14.5 Å². The molecule has 144 valence electrons. The lowest BCUT2D eigenvalue weighted by Crippen LogP contribution is -2.56. The molecule has 2 rings (SSSR count). The van der Waals surface area contributed by atoms with E-state index in [2.05, 4.69) is 4.72 Å². The van der Waals surface area contributed by atoms with Crippen LogP contribution in [-0.2, 0) is 15.0 Å². The zero-order valence-corrected chi connectivity index (χ0v) is 15.8. The molecule has 0 saturated carbocycles. The predicted octanol–water partition coefficient (Wildman–Crippen LogP) is 1.67. The van der Waals surface area contributed by atoms with Crippen LogP contribution in [0.3, 0.4) is 0 Å². The van der Waals surface area contributed by atoms with Crippen LogP contribution in [0.5, 0.6) is 0 Å². The van der Waals surface area contributed by atoms with Gasteiger partial charge >= 0.3 is 0 Å². The first-order valence-electron chi connectivity index (χ1n) is 8.21. The first-order valence-corrected chi connectivity index (χ1v) is 9.65. The highest BCUT2D eigenvalue weighted by molar-refractivity contribution is 7.87. The normalized spacial score (nSPS) is 17.5. The standard InChI is InChI=1S/C17H24FN3O4S/c1-17(2,3)15(16(22)19-23)20-26(24,25)21-10-8-13(9-11-21)12-4-6-14(18)7-5-12/h4-8,15,20,23H,9-11H2,1-3H3,(H,19,22)/t15-/m0/s1. The van der Waals surface area contributed by atoms with Gasteiger partial charge in [-0.15, -0.1) is 0 Å². The van der Waals surface area contributed by atoms with Crippen molar-refractivity contribution >= 4 is 21.7 Å². The van der Waals surface area contributed by atoms with Crippen molar-refractivity contribution in [3.05, 3.63) is 41.7 Å². The van der Waals surface area contributed by atoms with E-state index in [1.54, 1.807) is 39.0 Å². The van der Waals surface area contributed by atoms with Crippen molar-refractivity contribution in [2.24, 2.45) is 5.41 Å². The minimum atomic E-state index is -3.93. The molecular formula is C17H24FN3O4S. The molecule has 0 fully saturated rings. The molecular weight excluding hydrogens is 361 g/mol. The van der Waals surface area contributed by atoms with Crippen LogP contribution >= 0.6 is 0 Å². The van der Waals surface area contributed by atoms with Crippen LogP contribution in [0.2, 0.25) is 0 Å².